The van der Waals surface area contributed by atoms with E-state index in [1.165, 1.54) is 4.90 Å². The Balaban J connectivity index is 2.56. The molecule has 0 aliphatic carbocycles. The minimum Gasteiger partial charge on any atom is -0.480 e. The van der Waals surface area contributed by atoms with Crippen molar-refractivity contribution in [2.45, 2.75) is 25.4 Å². The van der Waals surface area contributed by atoms with E-state index >= 15 is 0 Å². The van der Waals surface area contributed by atoms with Crippen molar-refractivity contribution in [3.05, 3.63) is 30.1 Å². The largest absolute Gasteiger partial charge is 0.480 e. The number of primary amides is 1. The van der Waals surface area contributed by atoms with Crippen LogP contribution in [-0.2, 0) is 16.1 Å². The lowest BCUT2D eigenvalue weighted by Crippen LogP contribution is -2.46. The van der Waals surface area contributed by atoms with Crippen LogP contribution in [0.2, 0.25) is 0 Å². The summed E-state index contributed by atoms with van der Waals surface area (Å²) in [5, 5.41) is 11.4. The van der Waals surface area contributed by atoms with Crippen LogP contribution < -0.4 is 11.1 Å². The van der Waals surface area contributed by atoms with E-state index in [0.29, 0.717) is 6.54 Å². The van der Waals surface area contributed by atoms with Gasteiger partial charge in [-0.1, -0.05) is 0 Å². The number of carboxylic acids is 1. The lowest BCUT2D eigenvalue weighted by Gasteiger charge is -2.21. The quantitative estimate of drug-likeness (QED) is 0.649. The first-order chi connectivity index (χ1) is 9.90. The number of carbonyl (C=O) groups excluding carboxylic acids is 2. The number of aliphatic carboxylic acids is 1. The van der Waals surface area contributed by atoms with Crippen LogP contribution in [-0.4, -0.2) is 46.0 Å². The second-order valence-electron chi connectivity index (χ2n) is 4.56. The summed E-state index contributed by atoms with van der Waals surface area (Å²) in [6.07, 6.45) is 3.06. The summed E-state index contributed by atoms with van der Waals surface area (Å²) in [6, 6.07) is 1.82. The van der Waals surface area contributed by atoms with Gasteiger partial charge in [0.1, 0.15) is 6.04 Å². The highest BCUT2D eigenvalue weighted by atomic mass is 16.4. The molecule has 0 spiro atoms. The minimum atomic E-state index is -1.21. The van der Waals surface area contributed by atoms with Gasteiger partial charge in [0.15, 0.2) is 0 Å². The van der Waals surface area contributed by atoms with Gasteiger partial charge in [0, 0.05) is 32.4 Å². The maximum absolute atomic E-state index is 11.9. The van der Waals surface area contributed by atoms with Gasteiger partial charge in [-0.05, 0) is 24.1 Å². The third-order valence-electron chi connectivity index (χ3n) is 2.79. The van der Waals surface area contributed by atoms with Crippen LogP contribution in [0.3, 0.4) is 0 Å². The molecule has 21 heavy (non-hydrogen) atoms. The van der Waals surface area contributed by atoms with Crippen LogP contribution in [0.1, 0.15) is 18.4 Å². The van der Waals surface area contributed by atoms with E-state index in [4.69, 9.17) is 10.8 Å². The van der Waals surface area contributed by atoms with Gasteiger partial charge in [-0.25, -0.2) is 9.59 Å². The molecule has 0 aromatic carbocycles. The summed E-state index contributed by atoms with van der Waals surface area (Å²) in [5.74, 6) is -1.82. The number of nitrogens with zero attached hydrogens (tertiary/aromatic N) is 2. The smallest absolute Gasteiger partial charge is 0.326 e. The zero-order valence-corrected chi connectivity index (χ0v) is 11.7. The molecule has 0 saturated carbocycles. The van der Waals surface area contributed by atoms with E-state index in [9.17, 15) is 14.4 Å². The molecule has 0 radical (unpaired) electrons. The Morgan fingerprint density at radius 2 is 2.00 bits per heavy atom. The number of nitrogens with two attached hydrogens (primary N) is 1. The highest BCUT2D eigenvalue weighted by molar-refractivity contribution is 5.83. The second-order valence-corrected chi connectivity index (χ2v) is 4.56. The van der Waals surface area contributed by atoms with E-state index in [0.717, 1.165) is 5.56 Å². The van der Waals surface area contributed by atoms with Gasteiger partial charge in [0.25, 0.3) is 0 Å². The standard InChI is InChI=1S/C13H18N4O4/c1-17(8-9-4-6-15-7-5-9)13(21)16-10(12(19)20)2-3-11(14)18/h4-7,10H,2-3,8H2,1H3,(H2,14,18)(H,16,21)(H,19,20)/t10-/m0/s1. The molecular weight excluding hydrogens is 276 g/mol. The number of aromatic nitrogens is 1. The predicted molar refractivity (Wildman–Crippen MR) is 74.1 cm³/mol. The molecule has 0 saturated heterocycles. The Kier molecular flexibility index (Phi) is 6.12. The van der Waals surface area contributed by atoms with Crippen molar-refractivity contribution in [3.63, 3.8) is 0 Å². The van der Waals surface area contributed by atoms with Gasteiger partial charge in [-0.3, -0.25) is 9.78 Å². The van der Waals surface area contributed by atoms with E-state index in [2.05, 4.69) is 10.3 Å². The first kappa shape index (κ1) is 16.4. The van der Waals surface area contributed by atoms with Crippen molar-refractivity contribution in [3.8, 4) is 0 Å². The molecule has 1 rings (SSSR count). The number of pyridine rings is 1. The summed E-state index contributed by atoms with van der Waals surface area (Å²) in [7, 11) is 1.54. The number of hydrogen-bond donors (Lipinski definition) is 3. The van der Waals surface area contributed by atoms with Crippen molar-refractivity contribution in [1.82, 2.24) is 15.2 Å². The van der Waals surface area contributed by atoms with Crippen LogP contribution in [0.25, 0.3) is 0 Å². The third kappa shape index (κ3) is 5.89. The average molecular weight is 294 g/mol. The summed E-state index contributed by atoms with van der Waals surface area (Å²) >= 11 is 0. The molecular formula is C13H18N4O4. The Bertz CT molecular complexity index is 506. The van der Waals surface area contributed by atoms with Gasteiger partial charge >= 0.3 is 12.0 Å². The summed E-state index contributed by atoms with van der Waals surface area (Å²) < 4.78 is 0. The van der Waals surface area contributed by atoms with Crippen molar-refractivity contribution in [2.24, 2.45) is 5.73 Å². The van der Waals surface area contributed by atoms with E-state index in [1.807, 2.05) is 0 Å². The monoisotopic (exact) mass is 294 g/mol. The van der Waals surface area contributed by atoms with E-state index < -0.39 is 23.9 Å². The number of carbonyl (C=O) groups is 3. The van der Waals surface area contributed by atoms with Crippen LogP contribution in [0, 0.1) is 0 Å². The molecule has 8 heteroatoms. The van der Waals surface area contributed by atoms with Crippen molar-refractivity contribution in [1.29, 1.82) is 0 Å². The highest BCUT2D eigenvalue weighted by Gasteiger charge is 2.22. The van der Waals surface area contributed by atoms with Gasteiger partial charge in [-0.2, -0.15) is 0 Å². The second kappa shape index (κ2) is 7.83. The molecule has 0 bridgehead atoms. The number of urea groups is 1. The van der Waals surface area contributed by atoms with Crippen molar-refractivity contribution < 1.29 is 19.5 Å². The Labute approximate surface area is 121 Å². The van der Waals surface area contributed by atoms with Crippen molar-refractivity contribution >= 4 is 17.9 Å². The lowest BCUT2D eigenvalue weighted by atomic mass is 10.1. The molecule has 1 atom stereocenters. The third-order valence-corrected chi connectivity index (χ3v) is 2.79. The van der Waals surface area contributed by atoms with Gasteiger partial charge in [0.05, 0.1) is 0 Å². The van der Waals surface area contributed by atoms with E-state index in [1.54, 1.807) is 31.6 Å². The van der Waals surface area contributed by atoms with Gasteiger partial charge in [0.2, 0.25) is 5.91 Å². The number of amides is 3. The first-order valence-corrected chi connectivity index (χ1v) is 6.31. The Hall–Kier alpha value is -2.64. The Morgan fingerprint density at radius 1 is 1.38 bits per heavy atom. The molecule has 0 unspecified atom stereocenters. The SMILES string of the molecule is CN(Cc1ccncc1)C(=O)N[C@@H](CCC(N)=O)C(=O)O. The zero-order valence-electron chi connectivity index (χ0n) is 11.7. The molecule has 8 nitrogen and oxygen atoms in total. The summed E-state index contributed by atoms with van der Waals surface area (Å²) in [4.78, 5) is 38.9. The fourth-order valence-corrected chi connectivity index (χ4v) is 1.64. The Morgan fingerprint density at radius 3 is 2.52 bits per heavy atom. The predicted octanol–water partition coefficient (Wildman–Crippen LogP) is -0.0583. The number of hydrogen-bond acceptors (Lipinski definition) is 4. The number of rotatable bonds is 7. The lowest BCUT2D eigenvalue weighted by molar-refractivity contribution is -0.139. The molecule has 3 amide bonds. The van der Waals surface area contributed by atoms with Crippen LogP contribution in [0.5, 0.6) is 0 Å². The fourth-order valence-electron chi connectivity index (χ4n) is 1.64. The molecule has 4 N–H and O–H groups in total. The topological polar surface area (TPSA) is 126 Å². The first-order valence-electron chi connectivity index (χ1n) is 6.31. The van der Waals surface area contributed by atoms with Crippen molar-refractivity contribution in [2.75, 3.05) is 7.05 Å². The maximum atomic E-state index is 11.9. The molecule has 0 aliphatic heterocycles. The molecule has 1 aromatic heterocycles. The normalized spacial score (nSPS) is 11.5. The van der Waals surface area contributed by atoms with Crippen LogP contribution in [0.15, 0.2) is 24.5 Å². The molecule has 1 heterocycles. The van der Waals surface area contributed by atoms with E-state index in [-0.39, 0.29) is 12.8 Å². The minimum absolute atomic E-state index is 0.0422. The summed E-state index contributed by atoms with van der Waals surface area (Å²) in [5.41, 5.74) is 5.84. The average Bonchev–Trinajstić information content (AvgIpc) is 2.43. The van der Waals surface area contributed by atoms with Gasteiger partial charge < -0.3 is 21.1 Å². The number of nitrogens with one attached hydrogen (secondary N) is 1. The van der Waals surface area contributed by atoms with Crippen LogP contribution in [0.4, 0.5) is 4.79 Å². The molecule has 0 aliphatic rings. The maximum Gasteiger partial charge on any atom is 0.326 e. The number of carboxylic acid groups (broad SMARTS) is 1. The zero-order chi connectivity index (χ0) is 15.8. The van der Waals surface area contributed by atoms with Gasteiger partial charge in [-0.15, -0.1) is 0 Å². The molecule has 0 fully saturated rings. The van der Waals surface area contributed by atoms with Crippen LogP contribution >= 0.6 is 0 Å². The summed E-state index contributed by atoms with van der Waals surface area (Å²) in [6.45, 7) is 0.316. The molecule has 114 valence electrons. The highest BCUT2D eigenvalue weighted by Crippen LogP contribution is 2.03. The molecule has 1 aromatic rings. The fraction of sp³-hybridized carbons (Fsp3) is 0.385.